The Morgan fingerprint density at radius 1 is 1.42 bits per heavy atom. The topological polar surface area (TPSA) is 48.9 Å². The second kappa shape index (κ2) is 10.7. The van der Waals surface area contributed by atoms with Gasteiger partial charge in [0.25, 0.3) is 0 Å². The minimum atomic E-state index is -0.556. The maximum absolute atomic E-state index is 13.8. The van der Waals surface area contributed by atoms with Gasteiger partial charge in [-0.15, -0.1) is 24.0 Å². The molecule has 1 atom stereocenters. The van der Waals surface area contributed by atoms with E-state index < -0.39 is 11.6 Å². The average molecular weight is 454 g/mol. The smallest absolute Gasteiger partial charge is 0.191 e. The van der Waals surface area contributed by atoms with Crippen LogP contribution in [0.5, 0.6) is 0 Å². The Hall–Kier alpha value is -1.16. The number of hydrogen-bond donors (Lipinski definition) is 2. The van der Waals surface area contributed by atoms with Crippen molar-refractivity contribution in [3.63, 3.8) is 0 Å². The Labute approximate surface area is 158 Å². The van der Waals surface area contributed by atoms with Crippen molar-refractivity contribution in [2.75, 3.05) is 44.8 Å². The largest absolute Gasteiger partial charge is 0.380 e. The molecule has 0 spiro atoms. The number of nitrogens with one attached hydrogen (secondary N) is 2. The van der Waals surface area contributed by atoms with Gasteiger partial charge in [-0.3, -0.25) is 4.99 Å². The van der Waals surface area contributed by atoms with Gasteiger partial charge in [0.2, 0.25) is 0 Å². The predicted octanol–water partition coefficient (Wildman–Crippen LogP) is 2.36. The normalized spacial score (nSPS) is 17.6. The maximum atomic E-state index is 13.8. The first-order chi connectivity index (χ1) is 11.1. The van der Waals surface area contributed by atoms with Crippen LogP contribution in [0.25, 0.3) is 0 Å². The molecule has 8 heteroatoms. The quantitative estimate of drug-likeness (QED) is 0.300. The van der Waals surface area contributed by atoms with Crippen molar-refractivity contribution in [2.45, 2.75) is 19.4 Å². The minimum absolute atomic E-state index is 0. The van der Waals surface area contributed by atoms with Gasteiger partial charge in [-0.2, -0.15) is 0 Å². The molecule has 0 bridgehead atoms. The van der Waals surface area contributed by atoms with Gasteiger partial charge in [0, 0.05) is 45.4 Å². The van der Waals surface area contributed by atoms with Crippen LogP contribution in [0.2, 0.25) is 0 Å². The van der Waals surface area contributed by atoms with E-state index in [0.717, 1.165) is 19.0 Å². The van der Waals surface area contributed by atoms with Gasteiger partial charge in [0.1, 0.15) is 11.6 Å². The molecule has 1 heterocycles. The molecule has 0 aliphatic carbocycles. The first-order valence-corrected chi connectivity index (χ1v) is 7.89. The van der Waals surface area contributed by atoms with Crippen molar-refractivity contribution in [3.05, 3.63) is 29.8 Å². The maximum Gasteiger partial charge on any atom is 0.191 e. The first-order valence-electron chi connectivity index (χ1n) is 7.89. The molecule has 1 aromatic carbocycles. The Balaban J connectivity index is 0.00000288. The van der Waals surface area contributed by atoms with Gasteiger partial charge < -0.3 is 20.3 Å². The molecule has 0 aromatic heterocycles. The monoisotopic (exact) mass is 454 g/mol. The van der Waals surface area contributed by atoms with Gasteiger partial charge in [-0.25, -0.2) is 8.78 Å². The number of halogens is 3. The number of nitrogens with zero attached hydrogens (tertiary/aromatic N) is 2. The molecule has 5 nitrogen and oxygen atoms in total. The van der Waals surface area contributed by atoms with Gasteiger partial charge in [0.05, 0.1) is 12.3 Å². The Morgan fingerprint density at radius 2 is 2.21 bits per heavy atom. The van der Waals surface area contributed by atoms with Crippen LogP contribution in [0.1, 0.15) is 13.3 Å². The highest BCUT2D eigenvalue weighted by Crippen LogP contribution is 2.24. The van der Waals surface area contributed by atoms with Crippen molar-refractivity contribution in [3.8, 4) is 0 Å². The Morgan fingerprint density at radius 3 is 2.88 bits per heavy atom. The van der Waals surface area contributed by atoms with Crippen LogP contribution >= 0.6 is 24.0 Å². The minimum Gasteiger partial charge on any atom is -0.380 e. The molecule has 2 rings (SSSR count). The molecular weight excluding hydrogens is 429 g/mol. The van der Waals surface area contributed by atoms with E-state index in [4.69, 9.17) is 4.74 Å². The van der Waals surface area contributed by atoms with Crippen molar-refractivity contribution in [2.24, 2.45) is 4.99 Å². The summed E-state index contributed by atoms with van der Waals surface area (Å²) in [5.41, 5.74) is 0.440. The number of anilines is 1. The van der Waals surface area contributed by atoms with Crippen LogP contribution in [-0.4, -0.2) is 51.9 Å². The standard InChI is InChI=1S/C16H24F2N4O.HI/c1-3-23-9-7-20-16(19-2)21-13-6-8-22(11-13)15-5-4-12(17)10-14(15)18;/h4-5,10,13H,3,6-9,11H2,1-2H3,(H2,19,20,21);1H. The SMILES string of the molecule is CCOCCNC(=NC)NC1CCN(c2ccc(F)cc2F)C1.I. The number of benzene rings is 1. The van der Waals surface area contributed by atoms with E-state index >= 15 is 0 Å². The van der Waals surface area contributed by atoms with Crippen molar-refractivity contribution in [1.29, 1.82) is 0 Å². The zero-order chi connectivity index (χ0) is 16.7. The second-order valence-corrected chi connectivity index (χ2v) is 5.37. The third-order valence-electron chi connectivity index (χ3n) is 3.75. The lowest BCUT2D eigenvalue weighted by Gasteiger charge is -2.21. The molecule has 0 radical (unpaired) electrons. The summed E-state index contributed by atoms with van der Waals surface area (Å²) in [4.78, 5) is 6.09. The fourth-order valence-corrected chi connectivity index (χ4v) is 2.61. The molecule has 1 aliphatic heterocycles. The summed E-state index contributed by atoms with van der Waals surface area (Å²) in [5.74, 6) is -0.375. The lowest BCUT2D eigenvalue weighted by atomic mass is 10.2. The van der Waals surface area contributed by atoms with Gasteiger partial charge in [-0.1, -0.05) is 0 Å². The van der Waals surface area contributed by atoms with Crippen LogP contribution in [0, 0.1) is 11.6 Å². The lowest BCUT2D eigenvalue weighted by Crippen LogP contribution is -2.45. The number of ether oxygens (including phenoxy) is 1. The summed E-state index contributed by atoms with van der Waals surface area (Å²) in [7, 11) is 1.71. The highest BCUT2D eigenvalue weighted by molar-refractivity contribution is 14.0. The summed E-state index contributed by atoms with van der Waals surface area (Å²) in [6.45, 7) is 5.31. The molecule has 136 valence electrons. The third-order valence-corrected chi connectivity index (χ3v) is 3.75. The van der Waals surface area contributed by atoms with Gasteiger partial charge in [0.15, 0.2) is 5.96 Å². The molecular formula is C16H25F2IN4O. The van der Waals surface area contributed by atoms with E-state index in [2.05, 4.69) is 15.6 Å². The van der Waals surface area contributed by atoms with Gasteiger partial charge >= 0.3 is 0 Å². The average Bonchev–Trinajstić information content (AvgIpc) is 2.98. The summed E-state index contributed by atoms with van der Waals surface area (Å²) < 4.78 is 32.1. The number of hydrogen-bond acceptors (Lipinski definition) is 3. The first kappa shape index (κ1) is 20.9. The molecule has 0 saturated carbocycles. The summed E-state index contributed by atoms with van der Waals surface area (Å²) in [6, 6.07) is 3.86. The van der Waals surface area contributed by atoms with E-state index in [1.54, 1.807) is 7.05 Å². The van der Waals surface area contributed by atoms with Crippen molar-refractivity contribution >= 4 is 35.6 Å². The number of guanidine groups is 1. The molecule has 0 amide bonds. The lowest BCUT2D eigenvalue weighted by molar-refractivity contribution is 0.152. The van der Waals surface area contributed by atoms with Crippen LogP contribution in [0.3, 0.4) is 0 Å². The van der Waals surface area contributed by atoms with E-state index in [1.165, 1.54) is 12.1 Å². The summed E-state index contributed by atoms with van der Waals surface area (Å²) in [6.07, 6.45) is 0.864. The Bertz CT molecular complexity index is 545. The Kier molecular flexibility index (Phi) is 9.27. The molecule has 1 aliphatic rings. The molecule has 1 fully saturated rings. The second-order valence-electron chi connectivity index (χ2n) is 5.37. The highest BCUT2D eigenvalue weighted by atomic mass is 127. The van der Waals surface area contributed by atoms with E-state index in [1.807, 2.05) is 11.8 Å². The zero-order valence-corrected chi connectivity index (χ0v) is 16.3. The van der Waals surface area contributed by atoms with Gasteiger partial charge in [-0.05, 0) is 25.5 Å². The third kappa shape index (κ3) is 6.04. The molecule has 2 N–H and O–H groups in total. The molecule has 1 saturated heterocycles. The van der Waals surface area contributed by atoms with Crippen molar-refractivity contribution < 1.29 is 13.5 Å². The molecule has 24 heavy (non-hydrogen) atoms. The van der Waals surface area contributed by atoms with Crippen LogP contribution in [0.15, 0.2) is 23.2 Å². The number of rotatable bonds is 6. The van der Waals surface area contributed by atoms with Crippen LogP contribution < -0.4 is 15.5 Å². The predicted molar refractivity (Wildman–Crippen MR) is 103 cm³/mol. The zero-order valence-electron chi connectivity index (χ0n) is 14.0. The molecule has 1 unspecified atom stereocenters. The van der Waals surface area contributed by atoms with Crippen molar-refractivity contribution in [1.82, 2.24) is 10.6 Å². The van der Waals surface area contributed by atoms with E-state index in [0.29, 0.717) is 38.0 Å². The van der Waals surface area contributed by atoms with Crippen LogP contribution in [0.4, 0.5) is 14.5 Å². The van der Waals surface area contributed by atoms with Crippen LogP contribution in [-0.2, 0) is 4.74 Å². The highest BCUT2D eigenvalue weighted by Gasteiger charge is 2.25. The molecule has 1 aromatic rings. The van der Waals surface area contributed by atoms with E-state index in [-0.39, 0.29) is 30.0 Å². The number of aliphatic imine (C=N–C) groups is 1. The fourth-order valence-electron chi connectivity index (χ4n) is 2.61. The summed E-state index contributed by atoms with van der Waals surface area (Å²) in [5, 5.41) is 6.49. The summed E-state index contributed by atoms with van der Waals surface area (Å²) >= 11 is 0. The van der Waals surface area contributed by atoms with E-state index in [9.17, 15) is 8.78 Å². The fraction of sp³-hybridized carbons (Fsp3) is 0.562.